The number of aromatic nitrogens is 4. The van der Waals surface area contributed by atoms with Crippen molar-refractivity contribution in [2.45, 2.75) is 63.7 Å². The number of piperazine rings is 1. The molecule has 2 aromatic rings. The number of hydroxylamine groups is 1. The summed E-state index contributed by atoms with van der Waals surface area (Å²) in [6.07, 6.45) is 13.0. The predicted octanol–water partition coefficient (Wildman–Crippen LogP) is 3.01. The molecule has 0 spiro atoms. The maximum absolute atomic E-state index is 11.9. The highest BCUT2D eigenvalue weighted by atomic mass is 16.5. The van der Waals surface area contributed by atoms with E-state index in [4.69, 9.17) is 14.7 Å². The fourth-order valence-corrected chi connectivity index (χ4v) is 4.87. The van der Waals surface area contributed by atoms with Gasteiger partial charge in [-0.05, 0) is 19.4 Å². The van der Waals surface area contributed by atoms with Gasteiger partial charge in [0.25, 0.3) is 0 Å². The van der Waals surface area contributed by atoms with E-state index >= 15 is 0 Å². The highest BCUT2D eigenvalue weighted by Crippen LogP contribution is 2.31. The molecule has 2 fully saturated rings. The summed E-state index contributed by atoms with van der Waals surface area (Å²) >= 11 is 0. The van der Waals surface area contributed by atoms with Crippen molar-refractivity contribution in [1.29, 1.82) is 0 Å². The van der Waals surface area contributed by atoms with Crippen molar-refractivity contribution in [3.63, 3.8) is 0 Å². The number of likely N-dealkylation sites (N-methyl/N-ethyl adjacent to an activating group) is 1. The molecular weight excluding hydrogens is 422 g/mol. The summed E-state index contributed by atoms with van der Waals surface area (Å²) in [6, 6.07) is 0. The van der Waals surface area contributed by atoms with Crippen LogP contribution >= 0.6 is 0 Å². The van der Waals surface area contributed by atoms with Gasteiger partial charge in [-0.1, -0.05) is 50.1 Å². The molecule has 4 rings (SSSR count). The molecule has 2 aromatic heterocycles. The molecule has 33 heavy (non-hydrogen) atoms. The van der Waals surface area contributed by atoms with Gasteiger partial charge in [0.1, 0.15) is 11.5 Å². The van der Waals surface area contributed by atoms with E-state index in [0.29, 0.717) is 17.4 Å². The van der Waals surface area contributed by atoms with Crippen LogP contribution in [0.4, 0.5) is 5.82 Å². The summed E-state index contributed by atoms with van der Waals surface area (Å²) in [6.45, 7) is 3.75. The lowest BCUT2D eigenvalue weighted by Crippen LogP contribution is -2.44. The van der Waals surface area contributed by atoms with Crippen LogP contribution in [0.1, 0.15) is 69.6 Å². The molecule has 1 unspecified atom stereocenters. The molecule has 1 aliphatic carbocycles. The van der Waals surface area contributed by atoms with Crippen LogP contribution in [0.3, 0.4) is 0 Å². The van der Waals surface area contributed by atoms with E-state index < -0.39 is 5.91 Å². The largest absolute Gasteiger partial charge is 0.353 e. The molecule has 10 heteroatoms. The Bertz CT molecular complexity index is 892. The Kier molecular flexibility index (Phi) is 8.22. The number of carbonyl (C=O) groups excluding carboxylic acids is 1. The van der Waals surface area contributed by atoms with Gasteiger partial charge in [-0.15, -0.1) is 0 Å². The predicted molar refractivity (Wildman–Crippen MR) is 123 cm³/mol. The molecule has 2 aliphatic rings. The molecule has 0 radical (unpaired) electrons. The molecule has 0 bridgehead atoms. The second kappa shape index (κ2) is 11.5. The van der Waals surface area contributed by atoms with Crippen molar-refractivity contribution in [2.75, 3.05) is 38.1 Å². The standard InChI is InChI=1S/C23H35N7O3/c1-29-10-12-30(13-11-29)20-16-24-15-19(25-20)22-26-23(33-28-22)18(14-21(31)27-32)9-5-8-17-6-3-2-4-7-17/h15-18,32H,2-14H2,1H3,(H,27,31). The van der Waals surface area contributed by atoms with Crippen molar-refractivity contribution < 1.29 is 14.5 Å². The first kappa shape index (κ1) is 23.6. The van der Waals surface area contributed by atoms with Crippen molar-refractivity contribution in [3.8, 4) is 11.5 Å². The van der Waals surface area contributed by atoms with Crippen LogP contribution < -0.4 is 10.4 Å². The summed E-state index contributed by atoms with van der Waals surface area (Å²) < 4.78 is 5.56. The first-order valence-corrected chi connectivity index (χ1v) is 12.1. The smallest absolute Gasteiger partial charge is 0.244 e. The van der Waals surface area contributed by atoms with E-state index in [1.165, 1.54) is 32.1 Å². The molecule has 1 amide bonds. The third-order valence-electron chi connectivity index (χ3n) is 6.92. The Morgan fingerprint density at radius 1 is 1.18 bits per heavy atom. The van der Waals surface area contributed by atoms with Gasteiger partial charge in [-0.3, -0.25) is 15.0 Å². The molecule has 3 heterocycles. The van der Waals surface area contributed by atoms with E-state index in [1.54, 1.807) is 17.9 Å². The fraction of sp³-hybridized carbons (Fsp3) is 0.696. The minimum absolute atomic E-state index is 0.107. The zero-order chi connectivity index (χ0) is 23.0. The zero-order valence-corrected chi connectivity index (χ0v) is 19.4. The molecule has 0 aromatic carbocycles. The van der Waals surface area contributed by atoms with E-state index in [1.807, 2.05) is 0 Å². The van der Waals surface area contributed by atoms with Gasteiger partial charge in [0.2, 0.25) is 17.6 Å². The topological polar surface area (TPSA) is 121 Å². The maximum Gasteiger partial charge on any atom is 0.244 e. The molecule has 1 aliphatic heterocycles. The summed E-state index contributed by atoms with van der Waals surface area (Å²) in [4.78, 5) is 30.0. The average Bonchev–Trinajstić information content (AvgIpc) is 3.35. The van der Waals surface area contributed by atoms with Crippen LogP contribution in [0.5, 0.6) is 0 Å². The molecule has 1 saturated heterocycles. The summed E-state index contributed by atoms with van der Waals surface area (Å²) in [5, 5.41) is 13.1. The Hall–Kier alpha value is -2.59. The van der Waals surface area contributed by atoms with E-state index in [-0.39, 0.29) is 12.3 Å². The minimum atomic E-state index is -0.450. The first-order chi connectivity index (χ1) is 16.1. The highest BCUT2D eigenvalue weighted by Gasteiger charge is 2.24. The minimum Gasteiger partial charge on any atom is -0.353 e. The second-order valence-corrected chi connectivity index (χ2v) is 9.38. The summed E-state index contributed by atoms with van der Waals surface area (Å²) in [7, 11) is 2.11. The molecule has 2 N–H and O–H groups in total. The number of nitrogens with zero attached hydrogens (tertiary/aromatic N) is 6. The van der Waals surface area contributed by atoms with Crippen molar-refractivity contribution in [3.05, 3.63) is 18.3 Å². The molecule has 10 nitrogen and oxygen atoms in total. The number of hydrogen-bond acceptors (Lipinski definition) is 9. The van der Waals surface area contributed by atoms with Crippen molar-refractivity contribution >= 4 is 11.7 Å². The third-order valence-corrected chi connectivity index (χ3v) is 6.92. The Labute approximate surface area is 194 Å². The number of hydrogen-bond donors (Lipinski definition) is 2. The zero-order valence-electron chi connectivity index (χ0n) is 19.4. The Balaban J connectivity index is 1.43. The lowest BCUT2D eigenvalue weighted by Gasteiger charge is -2.33. The van der Waals surface area contributed by atoms with Gasteiger partial charge in [-0.25, -0.2) is 10.5 Å². The molecule has 180 valence electrons. The van der Waals surface area contributed by atoms with Gasteiger partial charge in [0.15, 0.2) is 0 Å². The van der Waals surface area contributed by atoms with Crippen LogP contribution in [0, 0.1) is 5.92 Å². The number of nitrogens with one attached hydrogen (secondary N) is 1. The number of amides is 1. The summed E-state index contributed by atoms with van der Waals surface area (Å²) in [5.74, 6) is 1.66. The molecule has 1 atom stereocenters. The van der Waals surface area contributed by atoms with E-state index in [9.17, 15) is 4.79 Å². The van der Waals surface area contributed by atoms with Crippen LogP contribution in [0.2, 0.25) is 0 Å². The molecular formula is C23H35N7O3. The maximum atomic E-state index is 11.9. The average molecular weight is 458 g/mol. The fourth-order valence-electron chi connectivity index (χ4n) is 4.87. The van der Waals surface area contributed by atoms with Crippen LogP contribution in [-0.2, 0) is 4.79 Å². The van der Waals surface area contributed by atoms with Crippen molar-refractivity contribution in [1.82, 2.24) is 30.5 Å². The number of rotatable bonds is 9. The molecule has 1 saturated carbocycles. The number of carbonyl (C=O) groups is 1. The summed E-state index contributed by atoms with van der Waals surface area (Å²) in [5.41, 5.74) is 2.28. The van der Waals surface area contributed by atoms with Gasteiger partial charge in [-0.2, -0.15) is 4.98 Å². The monoisotopic (exact) mass is 457 g/mol. The lowest BCUT2D eigenvalue weighted by atomic mass is 9.84. The second-order valence-electron chi connectivity index (χ2n) is 9.38. The van der Waals surface area contributed by atoms with Crippen LogP contribution in [0.25, 0.3) is 11.5 Å². The van der Waals surface area contributed by atoms with Crippen molar-refractivity contribution in [2.24, 2.45) is 5.92 Å². The number of anilines is 1. The van der Waals surface area contributed by atoms with Gasteiger partial charge in [0, 0.05) is 38.5 Å². The Morgan fingerprint density at radius 2 is 1.97 bits per heavy atom. The lowest BCUT2D eigenvalue weighted by molar-refractivity contribution is -0.129. The van der Waals surface area contributed by atoms with Crippen LogP contribution in [-0.4, -0.2) is 69.3 Å². The normalized spacial score (nSPS) is 18.9. The van der Waals surface area contributed by atoms with E-state index in [0.717, 1.165) is 57.2 Å². The quantitative estimate of drug-likeness (QED) is 0.432. The SMILES string of the molecule is CN1CCN(c2cncc(-c3noc(C(CCCC4CCCCC4)CC(=O)NO)n3)n2)CC1. The first-order valence-electron chi connectivity index (χ1n) is 12.1. The third kappa shape index (κ3) is 6.48. The van der Waals surface area contributed by atoms with Crippen LogP contribution in [0.15, 0.2) is 16.9 Å². The van der Waals surface area contributed by atoms with E-state index in [2.05, 4.69) is 32.0 Å². The Morgan fingerprint density at radius 3 is 2.73 bits per heavy atom. The highest BCUT2D eigenvalue weighted by molar-refractivity contribution is 5.75. The van der Waals surface area contributed by atoms with Gasteiger partial charge < -0.3 is 14.3 Å². The van der Waals surface area contributed by atoms with Gasteiger partial charge >= 0.3 is 0 Å². The van der Waals surface area contributed by atoms with Gasteiger partial charge in [0.05, 0.1) is 12.4 Å².